The van der Waals surface area contributed by atoms with Crippen molar-refractivity contribution in [1.82, 2.24) is 5.32 Å². The van der Waals surface area contributed by atoms with Gasteiger partial charge in [0.1, 0.15) is 6.61 Å². The fraction of sp³-hybridized carbons (Fsp3) is 0.533. The molecular weight excluding hydrogens is 258 g/mol. The van der Waals surface area contributed by atoms with Crippen molar-refractivity contribution in [2.45, 2.75) is 45.6 Å². The number of unbranched alkanes of at least 4 members (excludes halogenated alkanes) is 2. The minimum Gasteiger partial charge on any atom is -0.384 e. The average molecular weight is 279 g/mol. The number of aliphatic hydroxyl groups excluding tert-OH is 1. The third-order valence-corrected chi connectivity index (χ3v) is 3.62. The van der Waals surface area contributed by atoms with Gasteiger partial charge in [0, 0.05) is 11.4 Å². The molecule has 1 aromatic rings. The Morgan fingerprint density at radius 1 is 1.53 bits per heavy atom. The van der Waals surface area contributed by atoms with E-state index in [1.54, 1.807) is 11.4 Å². The van der Waals surface area contributed by atoms with E-state index in [4.69, 9.17) is 5.11 Å². The molecule has 0 aromatic carbocycles. The minimum atomic E-state index is -0.159. The largest absolute Gasteiger partial charge is 0.384 e. The van der Waals surface area contributed by atoms with Gasteiger partial charge in [-0.1, -0.05) is 38.0 Å². The van der Waals surface area contributed by atoms with Crippen molar-refractivity contribution in [2.24, 2.45) is 0 Å². The molecule has 4 heteroatoms. The van der Waals surface area contributed by atoms with Gasteiger partial charge in [-0.25, -0.2) is 0 Å². The Bertz CT molecular complexity index is 456. The van der Waals surface area contributed by atoms with Crippen LogP contribution >= 0.6 is 11.3 Å². The highest BCUT2D eigenvalue weighted by Gasteiger charge is 2.11. The Balaban J connectivity index is 2.46. The number of hydrogen-bond donors (Lipinski definition) is 2. The summed E-state index contributed by atoms with van der Waals surface area (Å²) in [6, 6.07) is 1.97. The number of aliphatic hydroxyl groups is 1. The molecular formula is C15H21NO2S. The first kappa shape index (κ1) is 15.7. The molecule has 1 heterocycles. The summed E-state index contributed by atoms with van der Waals surface area (Å²) >= 11 is 1.42. The van der Waals surface area contributed by atoms with Gasteiger partial charge in [0.2, 0.25) is 0 Å². The minimum absolute atomic E-state index is 0.0442. The lowest BCUT2D eigenvalue weighted by Gasteiger charge is -2.12. The second-order valence-corrected chi connectivity index (χ2v) is 5.44. The van der Waals surface area contributed by atoms with Crippen molar-refractivity contribution < 1.29 is 9.90 Å². The van der Waals surface area contributed by atoms with Gasteiger partial charge in [-0.2, -0.15) is 0 Å². The van der Waals surface area contributed by atoms with E-state index < -0.39 is 0 Å². The van der Waals surface area contributed by atoms with Crippen LogP contribution in [0.2, 0.25) is 0 Å². The van der Waals surface area contributed by atoms with Crippen molar-refractivity contribution >= 4 is 17.2 Å². The Kier molecular flexibility index (Phi) is 7.24. The molecule has 1 atom stereocenters. The van der Waals surface area contributed by atoms with E-state index in [0.29, 0.717) is 5.56 Å². The maximum atomic E-state index is 12.0. The van der Waals surface area contributed by atoms with E-state index in [0.717, 1.165) is 17.7 Å². The normalized spacial score (nSPS) is 11.5. The van der Waals surface area contributed by atoms with Gasteiger partial charge in [0.25, 0.3) is 5.91 Å². The van der Waals surface area contributed by atoms with Crippen molar-refractivity contribution in [1.29, 1.82) is 0 Å². The molecule has 0 fully saturated rings. The predicted octanol–water partition coefficient (Wildman–Crippen LogP) is 2.79. The van der Waals surface area contributed by atoms with E-state index in [-0.39, 0.29) is 18.6 Å². The number of nitrogens with one attached hydrogen (secondary N) is 1. The second-order valence-electron chi connectivity index (χ2n) is 4.53. The number of amides is 1. The maximum absolute atomic E-state index is 12.0. The summed E-state index contributed by atoms with van der Waals surface area (Å²) in [7, 11) is 0. The van der Waals surface area contributed by atoms with Crippen LogP contribution in [-0.2, 0) is 0 Å². The van der Waals surface area contributed by atoms with Crippen molar-refractivity contribution in [2.75, 3.05) is 6.61 Å². The summed E-state index contributed by atoms with van der Waals surface area (Å²) < 4.78 is 0. The van der Waals surface area contributed by atoms with Crippen molar-refractivity contribution in [3.63, 3.8) is 0 Å². The molecule has 0 bridgehead atoms. The van der Waals surface area contributed by atoms with Gasteiger partial charge in [-0.05, 0) is 19.4 Å². The van der Waals surface area contributed by atoms with Crippen LogP contribution in [0, 0.1) is 11.8 Å². The fourth-order valence-corrected chi connectivity index (χ4v) is 2.48. The van der Waals surface area contributed by atoms with E-state index in [2.05, 4.69) is 24.1 Å². The van der Waals surface area contributed by atoms with E-state index >= 15 is 0 Å². The molecule has 104 valence electrons. The number of hydrogen-bond acceptors (Lipinski definition) is 3. The first-order valence-corrected chi connectivity index (χ1v) is 7.54. The van der Waals surface area contributed by atoms with Crippen LogP contribution in [0.3, 0.4) is 0 Å². The Hall–Kier alpha value is -1.31. The summed E-state index contributed by atoms with van der Waals surface area (Å²) in [5.41, 5.74) is 0.648. The lowest BCUT2D eigenvalue weighted by molar-refractivity contribution is 0.0938. The zero-order valence-electron chi connectivity index (χ0n) is 11.5. The maximum Gasteiger partial charge on any atom is 0.252 e. The Labute approximate surface area is 119 Å². The lowest BCUT2D eigenvalue weighted by Crippen LogP contribution is -2.32. The predicted molar refractivity (Wildman–Crippen MR) is 79.4 cm³/mol. The van der Waals surface area contributed by atoms with E-state index in [1.165, 1.54) is 24.2 Å². The molecule has 1 unspecified atom stereocenters. The molecule has 0 aliphatic rings. The average Bonchev–Trinajstić information content (AvgIpc) is 2.85. The molecule has 0 aliphatic heterocycles. The topological polar surface area (TPSA) is 49.3 Å². The summed E-state index contributed by atoms with van der Waals surface area (Å²) in [5, 5.41) is 13.4. The number of carbonyl (C=O) groups excluding carboxylic acids is 1. The molecule has 1 amide bonds. The van der Waals surface area contributed by atoms with E-state index in [1.807, 2.05) is 6.92 Å². The van der Waals surface area contributed by atoms with Crippen molar-refractivity contribution in [3.05, 3.63) is 21.9 Å². The molecule has 0 saturated carbocycles. The Morgan fingerprint density at radius 3 is 3.00 bits per heavy atom. The van der Waals surface area contributed by atoms with Gasteiger partial charge < -0.3 is 10.4 Å². The molecule has 2 N–H and O–H groups in total. The molecule has 1 aromatic heterocycles. The number of rotatable bonds is 6. The molecule has 0 radical (unpaired) electrons. The van der Waals surface area contributed by atoms with Crippen molar-refractivity contribution in [3.8, 4) is 11.8 Å². The SMILES string of the molecule is CCCCCC(C)NC(=O)c1csc(C#CCO)c1. The highest BCUT2D eigenvalue weighted by Crippen LogP contribution is 2.14. The Morgan fingerprint density at radius 2 is 2.32 bits per heavy atom. The van der Waals surface area contributed by atoms with Gasteiger partial charge in [-0.3, -0.25) is 4.79 Å². The van der Waals surface area contributed by atoms with Gasteiger partial charge in [0.05, 0.1) is 10.4 Å². The quantitative estimate of drug-likeness (QED) is 0.621. The highest BCUT2D eigenvalue weighted by atomic mass is 32.1. The monoisotopic (exact) mass is 279 g/mol. The van der Waals surface area contributed by atoms with Gasteiger partial charge >= 0.3 is 0 Å². The first-order valence-electron chi connectivity index (χ1n) is 6.66. The molecule has 3 nitrogen and oxygen atoms in total. The van der Waals surface area contributed by atoms with Crippen LogP contribution in [0.1, 0.15) is 54.8 Å². The zero-order valence-corrected chi connectivity index (χ0v) is 12.3. The highest BCUT2D eigenvalue weighted by molar-refractivity contribution is 7.10. The molecule has 0 spiro atoms. The summed E-state index contributed by atoms with van der Waals surface area (Å²) in [6.07, 6.45) is 4.56. The molecule has 19 heavy (non-hydrogen) atoms. The van der Waals surface area contributed by atoms with Crippen LogP contribution in [-0.4, -0.2) is 23.7 Å². The van der Waals surface area contributed by atoms with Crippen LogP contribution in [0.15, 0.2) is 11.4 Å². The van der Waals surface area contributed by atoms with E-state index in [9.17, 15) is 4.79 Å². The number of carbonyl (C=O) groups is 1. The molecule has 1 rings (SSSR count). The van der Waals surface area contributed by atoms with Crippen LogP contribution < -0.4 is 5.32 Å². The van der Waals surface area contributed by atoms with Crippen LogP contribution in [0.25, 0.3) is 0 Å². The zero-order chi connectivity index (χ0) is 14.1. The molecule has 0 aliphatic carbocycles. The second kappa shape index (κ2) is 8.73. The van der Waals surface area contributed by atoms with Gasteiger partial charge in [0.15, 0.2) is 0 Å². The summed E-state index contributed by atoms with van der Waals surface area (Å²) in [4.78, 5) is 12.8. The van der Waals surface area contributed by atoms with Crippen LogP contribution in [0.4, 0.5) is 0 Å². The smallest absolute Gasteiger partial charge is 0.252 e. The third kappa shape index (κ3) is 5.91. The fourth-order valence-electron chi connectivity index (χ4n) is 1.73. The number of thiophene rings is 1. The standard InChI is InChI=1S/C15H21NO2S/c1-3-4-5-7-12(2)16-15(18)13-10-14(19-11-13)8-6-9-17/h10-12,17H,3-5,7,9H2,1-2H3,(H,16,18). The summed E-state index contributed by atoms with van der Waals surface area (Å²) in [6.45, 7) is 4.05. The first-order chi connectivity index (χ1) is 9.17. The van der Waals surface area contributed by atoms with Crippen LogP contribution in [0.5, 0.6) is 0 Å². The molecule has 0 saturated heterocycles. The third-order valence-electron chi connectivity index (χ3n) is 2.77. The summed E-state index contributed by atoms with van der Waals surface area (Å²) in [5.74, 6) is 5.34. The van der Waals surface area contributed by atoms with Gasteiger partial charge in [-0.15, -0.1) is 11.3 Å². The lowest BCUT2D eigenvalue weighted by atomic mass is 10.1.